The highest BCUT2D eigenvalue weighted by Crippen LogP contribution is 2.43. The summed E-state index contributed by atoms with van der Waals surface area (Å²) in [6.45, 7) is 3.96. The molecule has 1 aromatic heterocycles. The Morgan fingerprint density at radius 2 is 2.10 bits per heavy atom. The standard InChI is InChI=1S/C15H15ClFNO2S/c1-7(2)11-12(18)14(15(19)20-3)21-13(11)8-4-5-10(17)9(16)6-8/h4-7H,18H2,1-3H3. The van der Waals surface area contributed by atoms with Gasteiger partial charge in [0.25, 0.3) is 0 Å². The van der Waals surface area contributed by atoms with Crippen molar-refractivity contribution in [2.24, 2.45) is 0 Å². The van der Waals surface area contributed by atoms with Crippen molar-refractivity contribution in [2.45, 2.75) is 19.8 Å². The first-order valence-electron chi connectivity index (χ1n) is 6.32. The molecule has 0 amide bonds. The number of benzene rings is 1. The molecule has 0 aliphatic rings. The number of nitrogen functional groups attached to an aromatic ring is 1. The van der Waals surface area contributed by atoms with Crippen LogP contribution < -0.4 is 5.73 Å². The predicted molar refractivity (Wildman–Crippen MR) is 84.6 cm³/mol. The highest BCUT2D eigenvalue weighted by atomic mass is 35.5. The number of hydrogen-bond donors (Lipinski definition) is 1. The van der Waals surface area contributed by atoms with Crippen LogP contribution in [0, 0.1) is 5.82 Å². The van der Waals surface area contributed by atoms with Crippen molar-refractivity contribution >= 4 is 34.6 Å². The molecule has 6 heteroatoms. The van der Waals surface area contributed by atoms with Crippen molar-refractivity contribution in [1.82, 2.24) is 0 Å². The molecular weight excluding hydrogens is 313 g/mol. The molecule has 0 spiro atoms. The van der Waals surface area contributed by atoms with Crippen LogP contribution in [0.25, 0.3) is 10.4 Å². The first-order chi connectivity index (χ1) is 9.86. The van der Waals surface area contributed by atoms with Crippen LogP contribution in [0.5, 0.6) is 0 Å². The van der Waals surface area contributed by atoms with E-state index in [1.165, 1.54) is 30.6 Å². The van der Waals surface area contributed by atoms with Crippen molar-refractivity contribution in [3.63, 3.8) is 0 Å². The fourth-order valence-electron chi connectivity index (χ4n) is 2.13. The number of halogens is 2. The van der Waals surface area contributed by atoms with Crippen LogP contribution in [0.15, 0.2) is 18.2 Å². The number of hydrogen-bond acceptors (Lipinski definition) is 4. The van der Waals surface area contributed by atoms with Crippen LogP contribution >= 0.6 is 22.9 Å². The average molecular weight is 328 g/mol. The molecule has 1 aromatic carbocycles. The Balaban J connectivity index is 2.67. The van der Waals surface area contributed by atoms with Gasteiger partial charge in [-0.05, 0) is 29.2 Å². The van der Waals surface area contributed by atoms with E-state index < -0.39 is 11.8 Å². The highest BCUT2D eigenvalue weighted by Gasteiger charge is 2.24. The quantitative estimate of drug-likeness (QED) is 0.831. The lowest BCUT2D eigenvalue weighted by Crippen LogP contribution is -2.03. The molecule has 2 rings (SSSR count). The van der Waals surface area contributed by atoms with Crippen molar-refractivity contribution in [1.29, 1.82) is 0 Å². The zero-order valence-corrected chi connectivity index (χ0v) is 13.4. The maximum atomic E-state index is 13.3. The van der Waals surface area contributed by atoms with Gasteiger partial charge in [0.15, 0.2) is 0 Å². The molecule has 0 radical (unpaired) electrons. The van der Waals surface area contributed by atoms with E-state index in [-0.39, 0.29) is 10.9 Å². The Morgan fingerprint density at radius 1 is 1.43 bits per heavy atom. The molecule has 0 aliphatic carbocycles. The Bertz CT molecular complexity index is 697. The number of anilines is 1. The molecule has 0 unspecified atom stereocenters. The molecule has 0 atom stereocenters. The van der Waals surface area contributed by atoms with Crippen LogP contribution in [0.2, 0.25) is 5.02 Å². The van der Waals surface area contributed by atoms with Gasteiger partial charge in [0.05, 0.1) is 17.8 Å². The summed E-state index contributed by atoms with van der Waals surface area (Å²) in [4.78, 5) is 13.0. The molecule has 1 heterocycles. The number of nitrogens with two attached hydrogens (primary N) is 1. The van der Waals surface area contributed by atoms with Gasteiger partial charge >= 0.3 is 5.97 Å². The second-order valence-corrected chi connectivity index (χ2v) is 6.29. The van der Waals surface area contributed by atoms with E-state index in [0.29, 0.717) is 10.6 Å². The van der Waals surface area contributed by atoms with Crippen LogP contribution in [0.4, 0.5) is 10.1 Å². The molecule has 0 saturated heterocycles. The number of carbonyl (C=O) groups excluding carboxylic acids is 1. The van der Waals surface area contributed by atoms with E-state index in [1.807, 2.05) is 13.8 Å². The summed E-state index contributed by atoms with van der Waals surface area (Å²) in [6.07, 6.45) is 0. The third kappa shape index (κ3) is 2.89. The summed E-state index contributed by atoms with van der Waals surface area (Å²) >= 11 is 7.07. The van der Waals surface area contributed by atoms with Gasteiger partial charge in [-0.15, -0.1) is 11.3 Å². The topological polar surface area (TPSA) is 52.3 Å². The lowest BCUT2D eigenvalue weighted by Gasteiger charge is -2.09. The molecule has 3 nitrogen and oxygen atoms in total. The van der Waals surface area contributed by atoms with Gasteiger partial charge in [0, 0.05) is 4.88 Å². The van der Waals surface area contributed by atoms with Gasteiger partial charge in [0.1, 0.15) is 10.7 Å². The Hall–Kier alpha value is -1.59. The molecule has 0 saturated carbocycles. The second kappa shape index (κ2) is 6.03. The van der Waals surface area contributed by atoms with E-state index in [4.69, 9.17) is 22.1 Å². The van der Waals surface area contributed by atoms with Gasteiger partial charge in [-0.2, -0.15) is 0 Å². The minimum absolute atomic E-state index is 0.0359. The third-order valence-corrected chi connectivity index (χ3v) is 4.65. The summed E-state index contributed by atoms with van der Waals surface area (Å²) in [5, 5.41) is 0.0359. The normalized spacial score (nSPS) is 11.0. The smallest absolute Gasteiger partial charge is 0.350 e. The number of esters is 1. The van der Waals surface area contributed by atoms with E-state index in [1.54, 1.807) is 6.07 Å². The molecule has 0 aliphatic heterocycles. The summed E-state index contributed by atoms with van der Waals surface area (Å²) in [6, 6.07) is 4.46. The largest absolute Gasteiger partial charge is 0.465 e. The second-order valence-electron chi connectivity index (χ2n) is 4.86. The lowest BCUT2D eigenvalue weighted by atomic mass is 9.98. The Morgan fingerprint density at radius 3 is 2.62 bits per heavy atom. The molecule has 112 valence electrons. The Labute approximate surface area is 131 Å². The summed E-state index contributed by atoms with van der Waals surface area (Å²) in [7, 11) is 1.31. The van der Waals surface area contributed by atoms with Crippen LogP contribution in [-0.4, -0.2) is 13.1 Å². The molecule has 0 bridgehead atoms. The monoisotopic (exact) mass is 327 g/mol. The molecular formula is C15H15ClFNO2S. The molecule has 0 fully saturated rings. The highest BCUT2D eigenvalue weighted by molar-refractivity contribution is 7.18. The van der Waals surface area contributed by atoms with E-state index in [9.17, 15) is 9.18 Å². The number of ether oxygens (including phenoxy) is 1. The van der Waals surface area contributed by atoms with Gasteiger partial charge in [0.2, 0.25) is 0 Å². The van der Waals surface area contributed by atoms with Crippen molar-refractivity contribution < 1.29 is 13.9 Å². The summed E-state index contributed by atoms with van der Waals surface area (Å²) in [5.74, 6) is -0.846. The SMILES string of the molecule is COC(=O)c1sc(-c2ccc(F)c(Cl)c2)c(C(C)C)c1N. The van der Waals surface area contributed by atoms with Gasteiger partial charge < -0.3 is 10.5 Å². The number of carbonyl (C=O) groups is 1. The van der Waals surface area contributed by atoms with Crippen molar-refractivity contribution in [3.05, 3.63) is 39.5 Å². The maximum absolute atomic E-state index is 13.3. The number of thiophene rings is 1. The molecule has 2 N–H and O–H groups in total. The zero-order chi connectivity index (χ0) is 15.7. The van der Waals surface area contributed by atoms with E-state index >= 15 is 0 Å². The average Bonchev–Trinajstić information content (AvgIpc) is 2.78. The van der Waals surface area contributed by atoms with Crippen LogP contribution in [0.3, 0.4) is 0 Å². The molecule has 2 aromatic rings. The van der Waals surface area contributed by atoms with E-state index in [2.05, 4.69) is 0 Å². The first kappa shape index (κ1) is 15.8. The van der Waals surface area contributed by atoms with Crippen LogP contribution in [-0.2, 0) is 4.74 Å². The van der Waals surface area contributed by atoms with Crippen molar-refractivity contribution in [3.8, 4) is 10.4 Å². The van der Waals surface area contributed by atoms with Crippen molar-refractivity contribution in [2.75, 3.05) is 12.8 Å². The fourth-order valence-corrected chi connectivity index (χ4v) is 3.60. The summed E-state index contributed by atoms with van der Waals surface area (Å²) < 4.78 is 18.1. The third-order valence-electron chi connectivity index (χ3n) is 3.11. The Kier molecular flexibility index (Phi) is 4.54. The summed E-state index contributed by atoms with van der Waals surface area (Å²) in [5.41, 5.74) is 8.09. The van der Waals surface area contributed by atoms with Gasteiger partial charge in [-0.3, -0.25) is 0 Å². The fraction of sp³-hybridized carbons (Fsp3) is 0.267. The number of methoxy groups -OCH3 is 1. The first-order valence-corrected chi connectivity index (χ1v) is 7.52. The van der Waals surface area contributed by atoms with Gasteiger partial charge in [-0.25, -0.2) is 9.18 Å². The minimum atomic E-state index is -0.482. The lowest BCUT2D eigenvalue weighted by molar-refractivity contribution is 0.0607. The van der Waals surface area contributed by atoms with E-state index in [0.717, 1.165) is 16.0 Å². The van der Waals surface area contributed by atoms with Crippen LogP contribution in [0.1, 0.15) is 35.0 Å². The maximum Gasteiger partial charge on any atom is 0.350 e. The van der Waals surface area contributed by atoms with Gasteiger partial charge in [-0.1, -0.05) is 31.5 Å². The number of rotatable bonds is 3. The predicted octanol–water partition coefficient (Wildman–Crippen LogP) is 4.70. The molecule has 21 heavy (non-hydrogen) atoms. The minimum Gasteiger partial charge on any atom is -0.465 e. The zero-order valence-electron chi connectivity index (χ0n) is 11.9.